The molecule has 0 radical (unpaired) electrons. The molecular formula is C27H25N5O. The van der Waals surface area contributed by atoms with Gasteiger partial charge in [-0.15, -0.1) is 0 Å². The summed E-state index contributed by atoms with van der Waals surface area (Å²) in [5.41, 5.74) is 5.97. The van der Waals surface area contributed by atoms with E-state index in [-0.39, 0.29) is 11.9 Å². The molecule has 1 fully saturated rings. The monoisotopic (exact) mass is 435 g/mol. The fraction of sp³-hybridized carbons (Fsp3) is 0.222. The van der Waals surface area contributed by atoms with Crippen LogP contribution in [-0.2, 0) is 0 Å². The van der Waals surface area contributed by atoms with E-state index in [0.717, 1.165) is 54.0 Å². The maximum Gasteiger partial charge on any atom is 0.251 e. The number of imidazole rings is 1. The first-order chi connectivity index (χ1) is 16.1. The lowest BCUT2D eigenvalue weighted by atomic mass is 10.1. The van der Waals surface area contributed by atoms with Gasteiger partial charge in [-0.05, 0) is 80.9 Å². The van der Waals surface area contributed by atoms with E-state index in [4.69, 9.17) is 10.2 Å². The number of piperidine rings is 1. The molecule has 2 heterocycles. The lowest BCUT2D eigenvalue weighted by Gasteiger charge is -2.23. The normalized spacial score (nSPS) is 15.8. The first-order valence-electron chi connectivity index (χ1n) is 11.2. The van der Waals surface area contributed by atoms with Crippen molar-refractivity contribution in [2.24, 2.45) is 0 Å². The van der Waals surface area contributed by atoms with Crippen LogP contribution < -0.4 is 10.6 Å². The molecular weight excluding hydrogens is 410 g/mol. The Bertz CT molecular complexity index is 1340. The van der Waals surface area contributed by atoms with Gasteiger partial charge in [0, 0.05) is 29.4 Å². The maximum absolute atomic E-state index is 12.9. The topological polar surface area (TPSA) is 82.7 Å². The summed E-state index contributed by atoms with van der Waals surface area (Å²) >= 11 is 0. The molecule has 0 aliphatic carbocycles. The number of fused-ring (bicyclic) bond motifs is 1. The standard InChI is InChI=1S/C27H25N5O/c1-18-4-11-23(12-5-18)32-25-13-10-21(27(33)30-22-3-2-14-29-17-22)15-24(25)31-26(32)20-8-6-19(16-28)7-9-20/h4-13,15,22,29H,2-3,14,17H2,1H3,(H,30,33)/t22-/m1/s1. The molecule has 0 bridgehead atoms. The van der Waals surface area contributed by atoms with Crippen molar-refractivity contribution in [3.8, 4) is 23.1 Å². The predicted octanol–water partition coefficient (Wildman–Crippen LogP) is 4.35. The molecule has 6 heteroatoms. The minimum atomic E-state index is -0.0737. The lowest BCUT2D eigenvalue weighted by Crippen LogP contribution is -2.45. The van der Waals surface area contributed by atoms with E-state index in [1.807, 2.05) is 30.3 Å². The highest BCUT2D eigenvalue weighted by Gasteiger charge is 2.19. The maximum atomic E-state index is 12.9. The number of amides is 1. The van der Waals surface area contributed by atoms with E-state index in [2.05, 4.69) is 52.5 Å². The number of carbonyl (C=O) groups excluding carboxylic acids is 1. The van der Waals surface area contributed by atoms with Crippen molar-refractivity contribution in [1.82, 2.24) is 20.2 Å². The number of carbonyl (C=O) groups is 1. The molecule has 1 aromatic heterocycles. The van der Waals surface area contributed by atoms with Crippen molar-refractivity contribution in [1.29, 1.82) is 5.26 Å². The molecule has 1 aliphatic heterocycles. The van der Waals surface area contributed by atoms with Crippen LogP contribution in [0.4, 0.5) is 0 Å². The van der Waals surface area contributed by atoms with Gasteiger partial charge in [-0.25, -0.2) is 4.98 Å². The second-order valence-electron chi connectivity index (χ2n) is 8.52. The van der Waals surface area contributed by atoms with Gasteiger partial charge in [-0.2, -0.15) is 5.26 Å². The van der Waals surface area contributed by atoms with Crippen molar-refractivity contribution in [3.63, 3.8) is 0 Å². The van der Waals surface area contributed by atoms with Crippen molar-refractivity contribution >= 4 is 16.9 Å². The number of aromatic nitrogens is 2. The molecule has 1 atom stereocenters. The Labute approximate surface area is 192 Å². The van der Waals surface area contributed by atoms with Gasteiger partial charge in [0.05, 0.1) is 22.7 Å². The SMILES string of the molecule is Cc1ccc(-n2c(-c3ccc(C#N)cc3)nc3cc(C(=O)N[C@@H]4CCCNC4)ccc32)cc1. The van der Waals surface area contributed by atoms with E-state index in [1.165, 1.54) is 5.56 Å². The summed E-state index contributed by atoms with van der Waals surface area (Å²) < 4.78 is 2.10. The number of rotatable bonds is 4. The van der Waals surface area contributed by atoms with Gasteiger partial charge in [0.25, 0.3) is 5.91 Å². The van der Waals surface area contributed by atoms with Crippen LogP contribution in [0.2, 0.25) is 0 Å². The number of aryl methyl sites for hydroxylation is 1. The van der Waals surface area contributed by atoms with Crippen LogP contribution in [0.1, 0.15) is 34.3 Å². The molecule has 1 aliphatic rings. The van der Waals surface area contributed by atoms with Gasteiger partial charge in [-0.1, -0.05) is 17.7 Å². The first-order valence-corrected chi connectivity index (χ1v) is 11.2. The molecule has 5 rings (SSSR count). The average Bonchev–Trinajstić information content (AvgIpc) is 3.24. The van der Waals surface area contributed by atoms with Crippen molar-refractivity contribution in [3.05, 3.63) is 83.4 Å². The molecule has 0 spiro atoms. The third-order valence-corrected chi connectivity index (χ3v) is 6.11. The van der Waals surface area contributed by atoms with Crippen LogP contribution in [0, 0.1) is 18.3 Å². The van der Waals surface area contributed by atoms with E-state index in [9.17, 15) is 4.79 Å². The van der Waals surface area contributed by atoms with Gasteiger partial charge in [0.15, 0.2) is 0 Å². The lowest BCUT2D eigenvalue weighted by molar-refractivity contribution is 0.0931. The molecule has 33 heavy (non-hydrogen) atoms. The Morgan fingerprint density at radius 2 is 1.91 bits per heavy atom. The highest BCUT2D eigenvalue weighted by molar-refractivity contribution is 5.98. The Kier molecular flexibility index (Phi) is 5.64. The fourth-order valence-corrected chi connectivity index (χ4v) is 4.31. The summed E-state index contributed by atoms with van der Waals surface area (Å²) in [5, 5.41) is 15.6. The molecule has 2 N–H and O–H groups in total. The molecule has 0 unspecified atom stereocenters. The highest BCUT2D eigenvalue weighted by Crippen LogP contribution is 2.29. The number of nitriles is 1. The predicted molar refractivity (Wildman–Crippen MR) is 129 cm³/mol. The smallest absolute Gasteiger partial charge is 0.251 e. The second-order valence-corrected chi connectivity index (χ2v) is 8.52. The fourth-order valence-electron chi connectivity index (χ4n) is 4.31. The average molecular weight is 436 g/mol. The van der Waals surface area contributed by atoms with Gasteiger partial charge in [0.1, 0.15) is 5.82 Å². The summed E-state index contributed by atoms with van der Waals surface area (Å²) in [6.07, 6.45) is 2.06. The minimum Gasteiger partial charge on any atom is -0.348 e. The largest absolute Gasteiger partial charge is 0.348 e. The van der Waals surface area contributed by atoms with E-state index in [1.54, 1.807) is 12.1 Å². The summed E-state index contributed by atoms with van der Waals surface area (Å²) in [4.78, 5) is 17.8. The number of hydrogen-bond acceptors (Lipinski definition) is 4. The zero-order valence-corrected chi connectivity index (χ0v) is 18.5. The Morgan fingerprint density at radius 1 is 1.12 bits per heavy atom. The van der Waals surface area contributed by atoms with Gasteiger partial charge in [0.2, 0.25) is 0 Å². The van der Waals surface area contributed by atoms with E-state index >= 15 is 0 Å². The Balaban J connectivity index is 1.58. The Hall–Kier alpha value is -3.95. The van der Waals surface area contributed by atoms with Crippen LogP contribution in [-0.4, -0.2) is 34.6 Å². The van der Waals surface area contributed by atoms with Gasteiger partial charge < -0.3 is 10.6 Å². The zero-order chi connectivity index (χ0) is 22.8. The molecule has 164 valence electrons. The third-order valence-electron chi connectivity index (χ3n) is 6.11. The molecule has 0 saturated carbocycles. The summed E-state index contributed by atoms with van der Waals surface area (Å²) in [6, 6.07) is 23.7. The molecule has 6 nitrogen and oxygen atoms in total. The summed E-state index contributed by atoms with van der Waals surface area (Å²) in [6.45, 7) is 3.87. The number of nitrogens with zero attached hydrogens (tertiary/aromatic N) is 3. The highest BCUT2D eigenvalue weighted by atomic mass is 16.1. The third kappa shape index (κ3) is 4.23. The van der Waals surface area contributed by atoms with Crippen LogP contribution in [0.25, 0.3) is 28.1 Å². The number of nitrogens with one attached hydrogen (secondary N) is 2. The van der Waals surface area contributed by atoms with Crippen molar-refractivity contribution in [2.45, 2.75) is 25.8 Å². The van der Waals surface area contributed by atoms with Gasteiger partial charge in [-0.3, -0.25) is 9.36 Å². The molecule has 3 aromatic carbocycles. The van der Waals surface area contributed by atoms with Crippen molar-refractivity contribution < 1.29 is 4.79 Å². The minimum absolute atomic E-state index is 0.0737. The summed E-state index contributed by atoms with van der Waals surface area (Å²) in [5.74, 6) is 0.697. The number of hydrogen-bond donors (Lipinski definition) is 2. The zero-order valence-electron chi connectivity index (χ0n) is 18.5. The van der Waals surface area contributed by atoms with Crippen molar-refractivity contribution in [2.75, 3.05) is 13.1 Å². The van der Waals surface area contributed by atoms with Crippen LogP contribution >= 0.6 is 0 Å². The number of benzene rings is 3. The second kappa shape index (κ2) is 8.89. The van der Waals surface area contributed by atoms with E-state index < -0.39 is 0 Å². The quantitative estimate of drug-likeness (QED) is 0.499. The molecule has 1 saturated heterocycles. The summed E-state index contributed by atoms with van der Waals surface area (Å²) in [7, 11) is 0. The van der Waals surface area contributed by atoms with Crippen LogP contribution in [0.15, 0.2) is 66.7 Å². The van der Waals surface area contributed by atoms with Gasteiger partial charge >= 0.3 is 0 Å². The van der Waals surface area contributed by atoms with E-state index in [0.29, 0.717) is 11.1 Å². The molecule has 4 aromatic rings. The first kappa shape index (κ1) is 20.9. The van der Waals surface area contributed by atoms with Crippen LogP contribution in [0.5, 0.6) is 0 Å². The Morgan fingerprint density at radius 3 is 2.61 bits per heavy atom. The van der Waals surface area contributed by atoms with Crippen LogP contribution in [0.3, 0.4) is 0 Å². The molecule has 1 amide bonds.